The molecule has 0 bridgehead atoms. The first-order chi connectivity index (χ1) is 9.94. The van der Waals surface area contributed by atoms with Crippen molar-refractivity contribution in [2.45, 2.75) is 33.1 Å². The van der Waals surface area contributed by atoms with Crippen LogP contribution in [0.2, 0.25) is 0 Å². The van der Waals surface area contributed by atoms with Crippen molar-refractivity contribution in [1.82, 2.24) is 4.90 Å². The van der Waals surface area contributed by atoms with Gasteiger partial charge in [0.15, 0.2) is 17.7 Å². The van der Waals surface area contributed by atoms with Gasteiger partial charge in [-0.25, -0.2) is 0 Å². The number of aliphatic hydroxyl groups is 1. The second-order valence-corrected chi connectivity index (χ2v) is 4.56. The van der Waals surface area contributed by atoms with E-state index in [4.69, 9.17) is 9.47 Å². The summed E-state index contributed by atoms with van der Waals surface area (Å²) >= 11 is 0. The molecule has 2 atom stereocenters. The van der Waals surface area contributed by atoms with Crippen LogP contribution in [0.5, 0.6) is 11.5 Å². The number of nitro benzene ring substituents is 1. The summed E-state index contributed by atoms with van der Waals surface area (Å²) in [7, 11) is 1.42. The van der Waals surface area contributed by atoms with Crippen molar-refractivity contribution >= 4 is 5.69 Å². The number of likely N-dealkylation sites (N-methyl/N-ethyl adjacent to an activating group) is 1. The Labute approximate surface area is 124 Å². The first kappa shape index (κ1) is 17.2. The molecule has 0 heterocycles. The lowest BCUT2D eigenvalue weighted by molar-refractivity contribution is -0.385. The van der Waals surface area contributed by atoms with Gasteiger partial charge in [0.2, 0.25) is 0 Å². The smallest absolute Gasteiger partial charge is 0.273 e. The SMILES string of the molecule is CCN(CC)C(Oc1ccc([N+](=O)[O-])cc1OC)C(C)O. The lowest BCUT2D eigenvalue weighted by Crippen LogP contribution is -2.46. The Morgan fingerprint density at radius 1 is 1.33 bits per heavy atom. The molecular weight excluding hydrogens is 276 g/mol. The van der Waals surface area contributed by atoms with Gasteiger partial charge in [-0.05, 0) is 26.1 Å². The van der Waals surface area contributed by atoms with Crippen LogP contribution < -0.4 is 9.47 Å². The number of hydrogen-bond acceptors (Lipinski definition) is 6. The largest absolute Gasteiger partial charge is 0.493 e. The number of nitro groups is 1. The van der Waals surface area contributed by atoms with Crippen molar-refractivity contribution in [2.24, 2.45) is 0 Å². The normalized spacial score (nSPS) is 13.8. The zero-order chi connectivity index (χ0) is 16.0. The number of benzene rings is 1. The molecule has 1 N–H and O–H groups in total. The van der Waals surface area contributed by atoms with Gasteiger partial charge < -0.3 is 14.6 Å². The van der Waals surface area contributed by atoms with E-state index >= 15 is 0 Å². The van der Waals surface area contributed by atoms with Crippen LogP contribution in [0.1, 0.15) is 20.8 Å². The molecule has 0 aliphatic heterocycles. The number of nitrogens with zero attached hydrogens (tertiary/aromatic N) is 2. The van der Waals surface area contributed by atoms with Crippen molar-refractivity contribution in [2.75, 3.05) is 20.2 Å². The standard InChI is InChI=1S/C14H22N2O5/c1-5-15(6-2)14(10(3)17)21-12-8-7-11(16(18)19)9-13(12)20-4/h7-10,14,17H,5-6H2,1-4H3. The van der Waals surface area contributed by atoms with E-state index in [1.807, 2.05) is 18.7 Å². The fourth-order valence-electron chi connectivity index (χ4n) is 2.06. The maximum atomic E-state index is 10.8. The second-order valence-electron chi connectivity index (χ2n) is 4.56. The zero-order valence-corrected chi connectivity index (χ0v) is 12.8. The molecule has 118 valence electrons. The topological polar surface area (TPSA) is 85.1 Å². The summed E-state index contributed by atoms with van der Waals surface area (Å²) in [6, 6.07) is 4.13. The molecule has 0 aliphatic rings. The molecule has 1 rings (SSSR count). The third-order valence-electron chi connectivity index (χ3n) is 3.19. The summed E-state index contributed by atoms with van der Waals surface area (Å²) in [6.45, 7) is 6.99. The van der Waals surface area contributed by atoms with Crippen LogP contribution in [0.3, 0.4) is 0 Å². The van der Waals surface area contributed by atoms with Crippen molar-refractivity contribution in [1.29, 1.82) is 0 Å². The van der Waals surface area contributed by atoms with E-state index in [2.05, 4.69) is 0 Å². The first-order valence-corrected chi connectivity index (χ1v) is 6.85. The predicted molar refractivity (Wildman–Crippen MR) is 78.7 cm³/mol. The van der Waals surface area contributed by atoms with E-state index in [0.29, 0.717) is 18.8 Å². The van der Waals surface area contributed by atoms with Crippen molar-refractivity contribution in [3.05, 3.63) is 28.3 Å². The van der Waals surface area contributed by atoms with Crippen molar-refractivity contribution in [3.8, 4) is 11.5 Å². The number of ether oxygens (including phenoxy) is 2. The van der Waals surface area contributed by atoms with Crippen molar-refractivity contribution in [3.63, 3.8) is 0 Å². The molecule has 0 aliphatic carbocycles. The van der Waals surface area contributed by atoms with E-state index in [0.717, 1.165) is 0 Å². The Hall–Kier alpha value is -1.86. The molecule has 0 fully saturated rings. The molecule has 1 aromatic rings. The summed E-state index contributed by atoms with van der Waals surface area (Å²) in [5.41, 5.74) is -0.0735. The summed E-state index contributed by atoms with van der Waals surface area (Å²) in [5.74, 6) is 0.628. The molecule has 7 heteroatoms. The summed E-state index contributed by atoms with van der Waals surface area (Å²) in [4.78, 5) is 12.2. The average Bonchev–Trinajstić information content (AvgIpc) is 2.47. The molecule has 1 aromatic carbocycles. The van der Waals surface area contributed by atoms with Gasteiger partial charge in [0.1, 0.15) is 6.10 Å². The Kier molecular flexibility index (Phi) is 6.39. The van der Waals surface area contributed by atoms with Crippen LogP contribution in [-0.2, 0) is 0 Å². The van der Waals surface area contributed by atoms with E-state index < -0.39 is 17.3 Å². The molecule has 0 amide bonds. The Morgan fingerprint density at radius 3 is 2.38 bits per heavy atom. The number of rotatable bonds is 8. The minimum absolute atomic E-state index is 0.0735. The molecular formula is C14H22N2O5. The maximum absolute atomic E-state index is 10.8. The summed E-state index contributed by atoms with van der Waals surface area (Å²) in [6.07, 6.45) is -1.26. The fourth-order valence-corrected chi connectivity index (χ4v) is 2.06. The minimum atomic E-state index is -0.718. The maximum Gasteiger partial charge on any atom is 0.273 e. The zero-order valence-electron chi connectivity index (χ0n) is 12.8. The first-order valence-electron chi connectivity index (χ1n) is 6.85. The van der Waals surface area contributed by atoms with Gasteiger partial charge in [-0.1, -0.05) is 13.8 Å². The highest BCUT2D eigenvalue weighted by Gasteiger charge is 2.24. The lowest BCUT2D eigenvalue weighted by Gasteiger charge is -2.32. The number of aliphatic hydroxyl groups excluding tert-OH is 1. The Morgan fingerprint density at radius 2 is 1.95 bits per heavy atom. The molecule has 21 heavy (non-hydrogen) atoms. The summed E-state index contributed by atoms with van der Waals surface area (Å²) in [5, 5.41) is 20.7. The minimum Gasteiger partial charge on any atom is -0.493 e. The molecule has 0 spiro atoms. The number of methoxy groups -OCH3 is 1. The van der Waals surface area contributed by atoms with Gasteiger partial charge in [-0.15, -0.1) is 0 Å². The monoisotopic (exact) mass is 298 g/mol. The number of hydrogen-bond donors (Lipinski definition) is 1. The highest BCUT2D eigenvalue weighted by atomic mass is 16.6. The highest BCUT2D eigenvalue weighted by Crippen LogP contribution is 2.32. The van der Waals surface area contributed by atoms with Crippen LogP contribution in [0, 0.1) is 10.1 Å². The van der Waals surface area contributed by atoms with E-state index in [1.54, 1.807) is 6.92 Å². The van der Waals surface area contributed by atoms with Gasteiger partial charge in [0.25, 0.3) is 5.69 Å². The van der Waals surface area contributed by atoms with E-state index in [-0.39, 0.29) is 11.4 Å². The third kappa shape index (κ3) is 4.30. The number of non-ortho nitro benzene ring substituents is 1. The van der Waals surface area contributed by atoms with Gasteiger partial charge in [0, 0.05) is 6.07 Å². The lowest BCUT2D eigenvalue weighted by atomic mass is 10.2. The summed E-state index contributed by atoms with van der Waals surface area (Å²) < 4.78 is 10.9. The van der Waals surface area contributed by atoms with Crippen LogP contribution in [0.4, 0.5) is 5.69 Å². The molecule has 0 saturated heterocycles. The fraction of sp³-hybridized carbons (Fsp3) is 0.571. The molecule has 0 saturated carbocycles. The van der Waals surface area contributed by atoms with Crippen LogP contribution in [0.15, 0.2) is 18.2 Å². The van der Waals surface area contributed by atoms with Gasteiger partial charge in [0.05, 0.1) is 18.1 Å². The Bertz CT molecular complexity index is 474. The van der Waals surface area contributed by atoms with Gasteiger partial charge in [-0.2, -0.15) is 0 Å². The van der Waals surface area contributed by atoms with Gasteiger partial charge >= 0.3 is 0 Å². The van der Waals surface area contributed by atoms with Gasteiger partial charge in [-0.3, -0.25) is 15.0 Å². The molecule has 0 radical (unpaired) electrons. The quantitative estimate of drug-likeness (QED) is 0.449. The molecule has 0 aromatic heterocycles. The Balaban J connectivity index is 3.06. The average molecular weight is 298 g/mol. The highest BCUT2D eigenvalue weighted by molar-refractivity contribution is 5.48. The predicted octanol–water partition coefficient (Wildman–Crippen LogP) is 2.03. The van der Waals surface area contributed by atoms with E-state index in [9.17, 15) is 15.2 Å². The second kappa shape index (κ2) is 7.80. The van der Waals surface area contributed by atoms with Crippen molar-refractivity contribution < 1.29 is 19.5 Å². The third-order valence-corrected chi connectivity index (χ3v) is 3.19. The van der Waals surface area contributed by atoms with Crippen LogP contribution in [0.25, 0.3) is 0 Å². The van der Waals surface area contributed by atoms with E-state index in [1.165, 1.54) is 25.3 Å². The molecule has 2 unspecified atom stereocenters. The molecule has 7 nitrogen and oxygen atoms in total. The van der Waals surface area contributed by atoms with Crippen LogP contribution in [-0.4, -0.2) is 47.5 Å². The van der Waals surface area contributed by atoms with Crippen LogP contribution >= 0.6 is 0 Å².